The van der Waals surface area contributed by atoms with Gasteiger partial charge in [0.2, 0.25) is 0 Å². The first kappa shape index (κ1) is 22.9. The fraction of sp³-hybridized carbons (Fsp3) is 0.185. The molecular weight excluding hydrogens is 462 g/mol. The summed E-state index contributed by atoms with van der Waals surface area (Å²) in [5.74, 6) is 0.392. The predicted molar refractivity (Wildman–Crippen MR) is 133 cm³/mol. The lowest BCUT2D eigenvalue weighted by Gasteiger charge is -2.26. The molecule has 1 aliphatic rings. The van der Waals surface area contributed by atoms with Crippen LogP contribution in [0, 0.1) is 0 Å². The van der Waals surface area contributed by atoms with Crippen molar-refractivity contribution >= 4 is 21.5 Å². The molecule has 0 saturated heterocycles. The third-order valence-electron chi connectivity index (χ3n) is 6.07. The highest BCUT2D eigenvalue weighted by Gasteiger charge is 2.27. The van der Waals surface area contributed by atoms with Crippen LogP contribution < -0.4 is 9.46 Å². The SMILES string of the molecule is O=C1CCCc2c1ccc(OC(Cn1ccnc1)c1ccccc1)c2NS(=O)(=O)c1ccccc1. The highest BCUT2D eigenvalue weighted by molar-refractivity contribution is 7.92. The standard InChI is InChI=1S/C27H25N3O4S/c31-24-13-7-12-23-22(24)14-15-25(27(23)29-35(32,33)21-10-5-2-6-11-21)34-26(18-30-17-16-28-19-30)20-8-3-1-4-9-20/h1-6,8-11,14-17,19,26,29H,7,12-13,18H2. The summed E-state index contributed by atoms with van der Waals surface area (Å²) in [5.41, 5.74) is 2.48. The first-order valence-electron chi connectivity index (χ1n) is 11.5. The lowest BCUT2D eigenvalue weighted by Crippen LogP contribution is -2.21. The van der Waals surface area contributed by atoms with Crippen LogP contribution in [0.2, 0.25) is 0 Å². The number of anilines is 1. The van der Waals surface area contributed by atoms with Gasteiger partial charge in [0.25, 0.3) is 10.0 Å². The molecule has 8 heteroatoms. The van der Waals surface area contributed by atoms with Gasteiger partial charge in [-0.15, -0.1) is 0 Å². The van der Waals surface area contributed by atoms with Crippen LogP contribution in [-0.4, -0.2) is 23.8 Å². The average Bonchev–Trinajstić information content (AvgIpc) is 3.39. The molecule has 0 saturated carbocycles. The third kappa shape index (κ3) is 4.97. The zero-order valence-electron chi connectivity index (χ0n) is 19.0. The number of carbonyl (C=O) groups excluding carboxylic acids is 1. The van der Waals surface area contributed by atoms with Gasteiger partial charge in [-0.25, -0.2) is 13.4 Å². The normalized spacial score (nSPS) is 14.2. The minimum absolute atomic E-state index is 0.0102. The minimum atomic E-state index is -3.89. The molecule has 0 amide bonds. The fourth-order valence-electron chi connectivity index (χ4n) is 4.33. The number of imidazole rings is 1. The van der Waals surface area contributed by atoms with E-state index in [1.165, 1.54) is 12.1 Å². The molecule has 178 valence electrons. The van der Waals surface area contributed by atoms with Crippen molar-refractivity contribution in [2.75, 3.05) is 4.72 Å². The summed E-state index contributed by atoms with van der Waals surface area (Å²) in [7, 11) is -3.89. The molecule has 35 heavy (non-hydrogen) atoms. The van der Waals surface area contributed by atoms with E-state index in [1.807, 2.05) is 41.1 Å². The number of sulfonamides is 1. The number of aromatic nitrogens is 2. The van der Waals surface area contributed by atoms with E-state index in [-0.39, 0.29) is 10.7 Å². The molecule has 5 rings (SSSR count). The van der Waals surface area contributed by atoms with Gasteiger partial charge in [-0.2, -0.15) is 0 Å². The van der Waals surface area contributed by atoms with Crippen LogP contribution in [0.4, 0.5) is 5.69 Å². The Bertz CT molecular complexity index is 1420. The Morgan fingerprint density at radius 2 is 1.71 bits per heavy atom. The van der Waals surface area contributed by atoms with Gasteiger partial charge in [-0.05, 0) is 48.2 Å². The summed E-state index contributed by atoms with van der Waals surface area (Å²) in [6.07, 6.45) is 6.54. The summed E-state index contributed by atoms with van der Waals surface area (Å²) in [6.45, 7) is 0.477. The largest absolute Gasteiger partial charge is 0.482 e. The molecule has 1 aromatic heterocycles. The summed E-state index contributed by atoms with van der Waals surface area (Å²) < 4.78 is 37.7. The van der Waals surface area contributed by atoms with Gasteiger partial charge in [0.1, 0.15) is 11.9 Å². The van der Waals surface area contributed by atoms with Crippen LogP contribution in [0.3, 0.4) is 0 Å². The molecule has 0 bridgehead atoms. The fourth-order valence-corrected chi connectivity index (χ4v) is 5.45. The average molecular weight is 488 g/mol. The highest BCUT2D eigenvalue weighted by atomic mass is 32.2. The van der Waals surface area contributed by atoms with Crippen molar-refractivity contribution in [1.82, 2.24) is 9.55 Å². The third-order valence-corrected chi connectivity index (χ3v) is 7.44. The molecule has 0 radical (unpaired) electrons. The molecule has 7 nitrogen and oxygen atoms in total. The van der Waals surface area contributed by atoms with Gasteiger partial charge in [-0.1, -0.05) is 48.5 Å². The number of carbonyl (C=O) groups is 1. The number of Topliss-reactive ketones (excluding diaryl/α,β-unsaturated/α-hetero) is 1. The lowest BCUT2D eigenvalue weighted by atomic mass is 9.89. The Kier molecular flexibility index (Phi) is 6.37. The summed E-state index contributed by atoms with van der Waals surface area (Å²) in [5, 5.41) is 0. The van der Waals surface area contributed by atoms with Gasteiger partial charge in [0.15, 0.2) is 5.78 Å². The Balaban J connectivity index is 1.58. The van der Waals surface area contributed by atoms with Crippen LogP contribution in [0.25, 0.3) is 0 Å². The summed E-state index contributed by atoms with van der Waals surface area (Å²) in [4.78, 5) is 16.9. The Morgan fingerprint density at radius 1 is 0.971 bits per heavy atom. The van der Waals surface area contributed by atoms with Gasteiger partial charge in [0.05, 0.1) is 23.5 Å². The maximum Gasteiger partial charge on any atom is 0.262 e. The lowest BCUT2D eigenvalue weighted by molar-refractivity contribution is 0.0972. The summed E-state index contributed by atoms with van der Waals surface area (Å²) >= 11 is 0. The van der Waals surface area contributed by atoms with Crippen molar-refractivity contribution in [2.24, 2.45) is 0 Å². The monoisotopic (exact) mass is 487 g/mol. The number of benzene rings is 3. The zero-order valence-corrected chi connectivity index (χ0v) is 19.8. The Hall–Kier alpha value is -3.91. The molecule has 1 heterocycles. The number of fused-ring (bicyclic) bond motifs is 1. The van der Waals surface area contributed by atoms with E-state index < -0.39 is 16.1 Å². The summed E-state index contributed by atoms with van der Waals surface area (Å²) in [6, 6.07) is 21.4. The second kappa shape index (κ2) is 9.76. The van der Waals surface area contributed by atoms with E-state index >= 15 is 0 Å². The quantitative estimate of drug-likeness (QED) is 0.377. The number of hydrogen-bond donors (Lipinski definition) is 1. The highest BCUT2D eigenvalue weighted by Crippen LogP contribution is 2.39. The van der Waals surface area contributed by atoms with E-state index in [0.29, 0.717) is 48.4 Å². The molecule has 0 aliphatic heterocycles. The molecule has 0 spiro atoms. The number of nitrogens with zero attached hydrogens (tertiary/aromatic N) is 2. The minimum Gasteiger partial charge on any atom is -0.482 e. The van der Waals surface area contributed by atoms with E-state index in [2.05, 4.69) is 9.71 Å². The van der Waals surface area contributed by atoms with Crippen molar-refractivity contribution < 1.29 is 17.9 Å². The molecular formula is C27H25N3O4S. The molecule has 1 atom stereocenters. The van der Waals surface area contributed by atoms with Gasteiger partial charge in [0, 0.05) is 24.4 Å². The van der Waals surface area contributed by atoms with Crippen molar-refractivity contribution in [2.45, 2.75) is 36.8 Å². The van der Waals surface area contributed by atoms with Crippen LogP contribution in [0.1, 0.15) is 40.4 Å². The maximum atomic E-state index is 13.3. The molecule has 0 fully saturated rings. The topological polar surface area (TPSA) is 90.3 Å². The number of rotatable bonds is 8. The number of nitrogens with one attached hydrogen (secondary N) is 1. The number of ether oxygens (including phenoxy) is 1. The van der Waals surface area contributed by atoms with Crippen molar-refractivity contribution in [3.05, 3.63) is 108 Å². The number of hydrogen-bond acceptors (Lipinski definition) is 5. The second-order valence-corrected chi connectivity index (χ2v) is 10.1. The van der Waals surface area contributed by atoms with Crippen LogP contribution in [0.15, 0.2) is 96.4 Å². The van der Waals surface area contributed by atoms with Gasteiger partial charge < -0.3 is 9.30 Å². The molecule has 1 N–H and O–H groups in total. The van der Waals surface area contributed by atoms with Crippen molar-refractivity contribution in [3.63, 3.8) is 0 Å². The van der Waals surface area contributed by atoms with Gasteiger partial charge >= 0.3 is 0 Å². The van der Waals surface area contributed by atoms with Crippen LogP contribution >= 0.6 is 0 Å². The zero-order chi connectivity index (χ0) is 24.3. The van der Waals surface area contributed by atoms with Crippen LogP contribution in [-0.2, 0) is 23.0 Å². The maximum absolute atomic E-state index is 13.3. The second-order valence-electron chi connectivity index (χ2n) is 8.44. The Morgan fingerprint density at radius 3 is 2.43 bits per heavy atom. The van der Waals surface area contributed by atoms with E-state index in [0.717, 1.165) is 5.56 Å². The molecule has 1 aliphatic carbocycles. The predicted octanol–water partition coefficient (Wildman–Crippen LogP) is 5.02. The first-order chi connectivity index (χ1) is 17.0. The molecule has 1 unspecified atom stereocenters. The van der Waals surface area contributed by atoms with Crippen LogP contribution in [0.5, 0.6) is 5.75 Å². The molecule has 4 aromatic rings. The first-order valence-corrected chi connectivity index (χ1v) is 12.9. The Labute approximate surface area is 204 Å². The van der Waals surface area contributed by atoms with E-state index in [1.54, 1.807) is 42.9 Å². The number of ketones is 1. The van der Waals surface area contributed by atoms with Gasteiger partial charge in [-0.3, -0.25) is 9.52 Å². The van der Waals surface area contributed by atoms with Crippen molar-refractivity contribution in [1.29, 1.82) is 0 Å². The van der Waals surface area contributed by atoms with E-state index in [4.69, 9.17) is 4.74 Å². The van der Waals surface area contributed by atoms with E-state index in [9.17, 15) is 13.2 Å². The van der Waals surface area contributed by atoms with Crippen molar-refractivity contribution in [3.8, 4) is 5.75 Å². The smallest absolute Gasteiger partial charge is 0.262 e. The molecule has 3 aromatic carbocycles.